The fourth-order valence-corrected chi connectivity index (χ4v) is 5.35. The van der Waals surface area contributed by atoms with Crippen molar-refractivity contribution in [3.63, 3.8) is 0 Å². The van der Waals surface area contributed by atoms with Gasteiger partial charge in [0, 0.05) is 28.1 Å². The Hall–Kier alpha value is -3.20. The Bertz CT molecular complexity index is 1350. The number of nitriles is 1. The number of aromatic nitrogens is 1. The Kier molecular flexibility index (Phi) is 6.39. The molecule has 0 radical (unpaired) electrons. The predicted octanol–water partition coefficient (Wildman–Crippen LogP) is 7.10. The van der Waals surface area contributed by atoms with Gasteiger partial charge in [0.1, 0.15) is 24.7 Å². The Balaban J connectivity index is 1.41. The molecule has 5 rings (SSSR count). The first-order chi connectivity index (χ1) is 16.2. The first kappa shape index (κ1) is 21.6. The van der Waals surface area contributed by atoms with E-state index in [-0.39, 0.29) is 5.25 Å². The summed E-state index contributed by atoms with van der Waals surface area (Å²) in [5, 5.41) is 10.8. The highest BCUT2D eigenvalue weighted by atomic mass is 35.5. The molecule has 4 nitrogen and oxygen atoms in total. The molecule has 1 aromatic heterocycles. The highest BCUT2D eigenvalue weighted by Crippen LogP contribution is 2.45. The van der Waals surface area contributed by atoms with Crippen LogP contribution in [0.1, 0.15) is 34.1 Å². The highest BCUT2D eigenvalue weighted by Gasteiger charge is 2.25. The summed E-state index contributed by atoms with van der Waals surface area (Å²) in [5.41, 5.74) is 5.15. The summed E-state index contributed by atoms with van der Waals surface area (Å²) in [4.78, 5) is 4.68. The van der Waals surface area contributed by atoms with E-state index in [1.807, 2.05) is 48.5 Å². The zero-order valence-electron chi connectivity index (χ0n) is 17.8. The van der Waals surface area contributed by atoms with Crippen LogP contribution >= 0.6 is 23.4 Å². The molecule has 2 heterocycles. The van der Waals surface area contributed by atoms with Gasteiger partial charge < -0.3 is 9.47 Å². The summed E-state index contributed by atoms with van der Waals surface area (Å²) >= 11 is 7.88. The van der Waals surface area contributed by atoms with Gasteiger partial charge in [-0.3, -0.25) is 0 Å². The van der Waals surface area contributed by atoms with Crippen molar-refractivity contribution in [2.75, 3.05) is 5.75 Å². The summed E-state index contributed by atoms with van der Waals surface area (Å²) in [5.74, 6) is 2.37. The third kappa shape index (κ3) is 4.78. The lowest BCUT2D eigenvalue weighted by Gasteiger charge is -2.19. The van der Waals surface area contributed by atoms with Crippen LogP contribution in [-0.4, -0.2) is 10.7 Å². The largest absolute Gasteiger partial charge is 0.489 e. The second kappa shape index (κ2) is 9.74. The van der Waals surface area contributed by atoms with Gasteiger partial charge in [-0.2, -0.15) is 5.26 Å². The van der Waals surface area contributed by atoms with Crippen LogP contribution in [0.2, 0.25) is 5.02 Å². The zero-order valence-corrected chi connectivity index (χ0v) is 19.4. The van der Waals surface area contributed by atoms with Gasteiger partial charge in [-0.25, -0.2) is 4.98 Å². The summed E-state index contributed by atoms with van der Waals surface area (Å²) in [7, 11) is 0. The van der Waals surface area contributed by atoms with E-state index in [1.54, 1.807) is 11.8 Å². The first-order valence-corrected chi connectivity index (χ1v) is 12.1. The molecule has 33 heavy (non-hydrogen) atoms. The maximum Gasteiger partial charge on any atom is 0.130 e. The van der Waals surface area contributed by atoms with E-state index >= 15 is 0 Å². The number of rotatable bonds is 6. The van der Waals surface area contributed by atoms with Crippen molar-refractivity contribution in [2.24, 2.45) is 0 Å². The molecule has 4 aromatic rings. The van der Waals surface area contributed by atoms with Gasteiger partial charge in [0.15, 0.2) is 0 Å². The van der Waals surface area contributed by atoms with Crippen molar-refractivity contribution in [3.05, 3.63) is 100 Å². The molecule has 1 unspecified atom stereocenters. The van der Waals surface area contributed by atoms with E-state index < -0.39 is 0 Å². The first-order valence-electron chi connectivity index (χ1n) is 10.7. The topological polar surface area (TPSA) is 55.1 Å². The predicted molar refractivity (Wildman–Crippen MR) is 133 cm³/mol. The van der Waals surface area contributed by atoms with Gasteiger partial charge in [-0.15, -0.1) is 11.8 Å². The van der Waals surface area contributed by atoms with Crippen molar-refractivity contribution in [3.8, 4) is 17.6 Å². The Morgan fingerprint density at radius 1 is 1.06 bits per heavy atom. The van der Waals surface area contributed by atoms with Gasteiger partial charge in [0.25, 0.3) is 0 Å². The fourth-order valence-electron chi connectivity index (χ4n) is 3.97. The van der Waals surface area contributed by atoms with Crippen LogP contribution in [0.5, 0.6) is 11.5 Å². The Labute approximate surface area is 202 Å². The molecule has 1 atom stereocenters. The molecule has 0 saturated carbocycles. The summed E-state index contributed by atoms with van der Waals surface area (Å²) in [6.45, 7) is 0.882. The quantitative estimate of drug-likeness (QED) is 0.280. The zero-order chi connectivity index (χ0) is 22.6. The number of fused-ring (bicyclic) bond motifs is 3. The maximum absolute atomic E-state index is 9.02. The van der Waals surface area contributed by atoms with Crippen LogP contribution < -0.4 is 9.47 Å². The minimum absolute atomic E-state index is 0.0801. The molecule has 0 fully saturated rings. The van der Waals surface area contributed by atoms with Crippen molar-refractivity contribution in [2.45, 2.75) is 24.9 Å². The molecule has 0 N–H and O–H groups in total. The lowest BCUT2D eigenvalue weighted by molar-refractivity contribution is 0.295. The molecule has 0 amide bonds. The van der Waals surface area contributed by atoms with Gasteiger partial charge in [-0.1, -0.05) is 48.0 Å². The normalized spacial score (nSPS) is 14.5. The number of nitrogens with zero attached hydrogens (tertiary/aromatic N) is 2. The average Bonchev–Trinajstić information content (AvgIpc) is 2.99. The van der Waals surface area contributed by atoms with Crippen LogP contribution in [-0.2, 0) is 13.2 Å². The summed E-state index contributed by atoms with van der Waals surface area (Å²) in [6, 6.07) is 26.2. The van der Waals surface area contributed by atoms with Gasteiger partial charge in [-0.05, 0) is 47.5 Å². The number of ether oxygens (including phenoxy) is 2. The van der Waals surface area contributed by atoms with E-state index in [1.165, 1.54) is 11.1 Å². The van der Waals surface area contributed by atoms with Gasteiger partial charge >= 0.3 is 0 Å². The second-order valence-electron chi connectivity index (χ2n) is 7.77. The number of thioether (sulfide) groups is 1. The number of hydrogen-bond donors (Lipinski definition) is 0. The van der Waals surface area contributed by atoms with Crippen molar-refractivity contribution in [1.82, 2.24) is 4.98 Å². The fraction of sp³-hybridized carbons (Fsp3) is 0.185. The van der Waals surface area contributed by atoms with Crippen molar-refractivity contribution >= 4 is 34.3 Å². The minimum atomic E-state index is 0.0801. The molecule has 0 saturated heterocycles. The van der Waals surface area contributed by atoms with E-state index in [4.69, 9.17) is 26.3 Å². The van der Waals surface area contributed by atoms with Crippen LogP contribution in [0.25, 0.3) is 10.9 Å². The monoisotopic (exact) mass is 472 g/mol. The molecular weight excluding hydrogens is 452 g/mol. The number of halogens is 1. The van der Waals surface area contributed by atoms with Gasteiger partial charge in [0.05, 0.1) is 22.5 Å². The van der Waals surface area contributed by atoms with E-state index in [9.17, 15) is 0 Å². The molecule has 0 aliphatic carbocycles. The van der Waals surface area contributed by atoms with Crippen molar-refractivity contribution in [1.29, 1.82) is 5.26 Å². The van der Waals surface area contributed by atoms with E-state index in [0.29, 0.717) is 24.7 Å². The third-order valence-corrected chi connectivity index (χ3v) is 7.10. The van der Waals surface area contributed by atoms with Crippen LogP contribution in [0.15, 0.2) is 72.8 Å². The minimum Gasteiger partial charge on any atom is -0.489 e. The molecule has 0 spiro atoms. The maximum atomic E-state index is 9.02. The second-order valence-corrected chi connectivity index (χ2v) is 9.42. The summed E-state index contributed by atoms with van der Waals surface area (Å²) < 4.78 is 12.3. The number of benzene rings is 3. The molecule has 1 aliphatic heterocycles. The Morgan fingerprint density at radius 3 is 2.85 bits per heavy atom. The summed E-state index contributed by atoms with van der Waals surface area (Å²) in [6.07, 6.45) is 0.507. The van der Waals surface area contributed by atoms with Crippen molar-refractivity contribution < 1.29 is 9.47 Å². The van der Waals surface area contributed by atoms with Crippen LogP contribution in [0, 0.1) is 11.3 Å². The molecule has 1 aliphatic rings. The number of pyridine rings is 1. The molecular formula is C27H21ClN2O2S. The van der Waals surface area contributed by atoms with Crippen LogP contribution in [0.3, 0.4) is 0 Å². The Morgan fingerprint density at radius 2 is 1.94 bits per heavy atom. The van der Waals surface area contributed by atoms with E-state index in [0.717, 1.165) is 39.4 Å². The molecule has 164 valence electrons. The van der Waals surface area contributed by atoms with Crippen LogP contribution in [0.4, 0.5) is 0 Å². The lowest BCUT2D eigenvalue weighted by Crippen LogP contribution is -2.02. The standard InChI is InChI=1S/C27H21ClN2O2S/c28-20-8-6-18-7-9-21(30-25(18)14-20)17-31-22-10-11-26-24(15-22)27(33-13-3-12-29)23-5-2-1-4-19(23)16-32-26/h1-2,4-11,14-15,27H,3,13,16-17H2. The van der Waals surface area contributed by atoms with E-state index in [2.05, 4.69) is 35.3 Å². The molecule has 0 bridgehead atoms. The SMILES string of the molecule is N#CCCSC1c2ccccc2COc2ccc(OCc3ccc4ccc(Cl)cc4n3)cc21. The molecule has 3 aromatic carbocycles. The molecule has 6 heteroatoms. The van der Waals surface area contributed by atoms with Gasteiger partial charge in [0.2, 0.25) is 0 Å². The average molecular weight is 473 g/mol. The highest BCUT2D eigenvalue weighted by molar-refractivity contribution is 7.99. The smallest absolute Gasteiger partial charge is 0.130 e. The lowest BCUT2D eigenvalue weighted by atomic mass is 10.00. The third-order valence-electron chi connectivity index (χ3n) is 5.58. The number of hydrogen-bond acceptors (Lipinski definition) is 5.